The highest BCUT2D eigenvalue weighted by molar-refractivity contribution is 7.90. The number of halogens is 3. The molecule has 1 atom stereocenters. The highest BCUT2D eigenvalue weighted by Crippen LogP contribution is 2.28. The molecule has 2 aromatic rings. The molecule has 0 N–H and O–H groups in total. The van der Waals surface area contributed by atoms with Crippen LogP contribution < -0.4 is 0 Å². The summed E-state index contributed by atoms with van der Waals surface area (Å²) in [7, 11) is -4.15. The molecule has 0 aliphatic carbocycles. The zero-order chi connectivity index (χ0) is 14.9. The first-order valence-electron chi connectivity index (χ1n) is 5.39. The van der Waals surface area contributed by atoms with Crippen LogP contribution in [0.15, 0.2) is 43.2 Å². The van der Waals surface area contributed by atoms with E-state index in [-0.39, 0.29) is 0 Å². The Kier molecular flexibility index (Phi) is 3.67. The summed E-state index contributed by atoms with van der Waals surface area (Å²) in [6.45, 7) is 3.30. The Labute approximate surface area is 113 Å². The van der Waals surface area contributed by atoms with Gasteiger partial charge in [-0.25, -0.2) is 21.6 Å². The SMILES string of the molecule is C=CC(c1cc(F)c(F)cc1F)S(=O)(=O)n1cccn1. The normalized spacial score (nSPS) is 13.2. The Hall–Kier alpha value is -2.09. The molecule has 4 nitrogen and oxygen atoms in total. The summed E-state index contributed by atoms with van der Waals surface area (Å²) in [6.07, 6.45) is 3.29. The van der Waals surface area contributed by atoms with Gasteiger partial charge in [-0.05, 0) is 12.1 Å². The molecule has 106 valence electrons. The van der Waals surface area contributed by atoms with Gasteiger partial charge in [-0.15, -0.1) is 6.58 Å². The van der Waals surface area contributed by atoms with Crippen LogP contribution in [-0.2, 0) is 10.0 Å². The second-order valence-electron chi connectivity index (χ2n) is 3.87. The van der Waals surface area contributed by atoms with Crippen molar-refractivity contribution in [2.75, 3.05) is 0 Å². The number of nitrogens with zero attached hydrogens (tertiary/aromatic N) is 2. The van der Waals surface area contributed by atoms with Gasteiger partial charge in [0.25, 0.3) is 10.0 Å². The fraction of sp³-hybridized carbons (Fsp3) is 0.0833. The van der Waals surface area contributed by atoms with Gasteiger partial charge in [0, 0.05) is 17.8 Å². The van der Waals surface area contributed by atoms with E-state index >= 15 is 0 Å². The van der Waals surface area contributed by atoms with Crippen LogP contribution >= 0.6 is 0 Å². The molecule has 8 heteroatoms. The van der Waals surface area contributed by atoms with Gasteiger partial charge in [-0.1, -0.05) is 6.08 Å². The molecule has 0 spiro atoms. The quantitative estimate of drug-likeness (QED) is 0.644. The summed E-state index contributed by atoms with van der Waals surface area (Å²) in [5, 5.41) is 1.96. The Morgan fingerprint density at radius 2 is 1.85 bits per heavy atom. The number of benzene rings is 1. The average molecular weight is 302 g/mol. The number of aromatic nitrogens is 2. The number of hydrogen-bond donors (Lipinski definition) is 0. The summed E-state index contributed by atoms with van der Waals surface area (Å²) in [4.78, 5) is 0. The molecule has 1 heterocycles. The van der Waals surface area contributed by atoms with Crippen molar-refractivity contribution in [1.82, 2.24) is 9.19 Å². The van der Waals surface area contributed by atoms with Crippen molar-refractivity contribution >= 4 is 10.0 Å². The standard InChI is InChI=1S/C12H9F3N2O2S/c1-2-12(20(18,19)17-5-3-4-16-17)8-6-10(14)11(15)7-9(8)13/h2-7,12H,1H2. The highest BCUT2D eigenvalue weighted by atomic mass is 32.2. The second kappa shape index (κ2) is 5.12. The molecular weight excluding hydrogens is 293 g/mol. The zero-order valence-corrected chi connectivity index (χ0v) is 10.8. The van der Waals surface area contributed by atoms with Crippen LogP contribution in [0.3, 0.4) is 0 Å². The van der Waals surface area contributed by atoms with Crippen LogP contribution in [0.25, 0.3) is 0 Å². The molecule has 1 aromatic carbocycles. The van der Waals surface area contributed by atoms with Crippen molar-refractivity contribution in [1.29, 1.82) is 0 Å². The minimum atomic E-state index is -4.15. The number of hydrogen-bond acceptors (Lipinski definition) is 3. The molecule has 20 heavy (non-hydrogen) atoms. The van der Waals surface area contributed by atoms with Crippen LogP contribution in [-0.4, -0.2) is 17.6 Å². The van der Waals surface area contributed by atoms with Crippen LogP contribution in [0.1, 0.15) is 10.8 Å². The summed E-state index contributed by atoms with van der Waals surface area (Å²) in [5.41, 5.74) is -0.533. The van der Waals surface area contributed by atoms with E-state index in [0.29, 0.717) is 16.2 Å². The summed E-state index contributed by atoms with van der Waals surface area (Å²) < 4.78 is 64.8. The van der Waals surface area contributed by atoms with Gasteiger partial charge < -0.3 is 0 Å². The number of rotatable bonds is 4. The third kappa shape index (κ3) is 2.34. The Morgan fingerprint density at radius 1 is 1.20 bits per heavy atom. The van der Waals surface area contributed by atoms with Gasteiger partial charge in [0.05, 0.1) is 6.20 Å². The van der Waals surface area contributed by atoms with Crippen LogP contribution in [0.2, 0.25) is 0 Å². The molecule has 0 bridgehead atoms. The molecule has 1 aromatic heterocycles. The van der Waals surface area contributed by atoms with Crippen molar-refractivity contribution in [3.63, 3.8) is 0 Å². The molecular formula is C12H9F3N2O2S. The van der Waals surface area contributed by atoms with Crippen molar-refractivity contribution < 1.29 is 21.6 Å². The first kappa shape index (κ1) is 14.3. The first-order chi connectivity index (χ1) is 9.37. The Bertz CT molecular complexity index is 742. The molecule has 2 rings (SSSR count). The highest BCUT2D eigenvalue weighted by Gasteiger charge is 2.30. The summed E-state index contributed by atoms with van der Waals surface area (Å²) in [5.74, 6) is -3.92. The van der Waals surface area contributed by atoms with E-state index in [4.69, 9.17) is 0 Å². The molecule has 0 fully saturated rings. The van der Waals surface area contributed by atoms with Crippen LogP contribution in [0.5, 0.6) is 0 Å². The van der Waals surface area contributed by atoms with E-state index in [2.05, 4.69) is 11.7 Å². The van der Waals surface area contributed by atoms with E-state index in [1.54, 1.807) is 0 Å². The molecule has 0 amide bonds. The topological polar surface area (TPSA) is 52.0 Å². The summed E-state index contributed by atoms with van der Waals surface area (Å²) >= 11 is 0. The first-order valence-corrected chi connectivity index (χ1v) is 6.89. The monoisotopic (exact) mass is 302 g/mol. The van der Waals surface area contributed by atoms with Crippen molar-refractivity contribution in [3.8, 4) is 0 Å². The maximum absolute atomic E-state index is 13.7. The summed E-state index contributed by atoms with van der Waals surface area (Å²) in [6, 6.07) is 2.15. The predicted molar refractivity (Wildman–Crippen MR) is 65.8 cm³/mol. The fourth-order valence-corrected chi connectivity index (χ4v) is 3.09. The molecule has 1 unspecified atom stereocenters. The maximum Gasteiger partial charge on any atom is 0.264 e. The van der Waals surface area contributed by atoms with Crippen molar-refractivity contribution in [3.05, 3.63) is 66.3 Å². The Morgan fingerprint density at radius 3 is 2.40 bits per heavy atom. The van der Waals surface area contributed by atoms with Gasteiger partial charge >= 0.3 is 0 Å². The van der Waals surface area contributed by atoms with Crippen molar-refractivity contribution in [2.24, 2.45) is 0 Å². The van der Waals surface area contributed by atoms with Crippen molar-refractivity contribution in [2.45, 2.75) is 5.25 Å². The van der Waals surface area contributed by atoms with E-state index in [9.17, 15) is 21.6 Å². The average Bonchev–Trinajstić information content (AvgIpc) is 2.90. The van der Waals surface area contributed by atoms with Gasteiger partial charge in [-0.2, -0.15) is 9.19 Å². The largest absolute Gasteiger partial charge is 0.264 e. The van der Waals surface area contributed by atoms with Gasteiger partial charge in [0.15, 0.2) is 11.6 Å². The minimum absolute atomic E-state index is 0.291. The minimum Gasteiger partial charge on any atom is -0.207 e. The lowest BCUT2D eigenvalue weighted by atomic mass is 10.1. The van der Waals surface area contributed by atoms with E-state index in [1.807, 2.05) is 0 Å². The predicted octanol–water partition coefficient (Wildman–Crippen LogP) is 2.41. The molecule has 0 saturated carbocycles. The molecule has 0 aliphatic heterocycles. The van der Waals surface area contributed by atoms with Gasteiger partial charge in [-0.3, -0.25) is 0 Å². The van der Waals surface area contributed by atoms with Crippen LogP contribution in [0.4, 0.5) is 13.2 Å². The molecule has 0 radical (unpaired) electrons. The Balaban J connectivity index is 2.60. The van der Waals surface area contributed by atoms with Gasteiger partial charge in [0.2, 0.25) is 0 Å². The van der Waals surface area contributed by atoms with E-state index in [1.165, 1.54) is 12.3 Å². The third-order valence-corrected chi connectivity index (χ3v) is 4.45. The fourth-order valence-electron chi connectivity index (χ4n) is 1.69. The lowest BCUT2D eigenvalue weighted by Gasteiger charge is -2.15. The molecule has 0 aliphatic rings. The molecule has 0 saturated heterocycles. The van der Waals surface area contributed by atoms with Crippen LogP contribution in [0, 0.1) is 17.5 Å². The smallest absolute Gasteiger partial charge is 0.207 e. The maximum atomic E-state index is 13.7. The van der Waals surface area contributed by atoms with E-state index in [0.717, 1.165) is 12.3 Å². The lowest BCUT2D eigenvalue weighted by molar-refractivity contribution is 0.489. The lowest BCUT2D eigenvalue weighted by Crippen LogP contribution is -2.21. The van der Waals surface area contributed by atoms with E-state index < -0.39 is 38.3 Å². The zero-order valence-electron chi connectivity index (χ0n) is 10.0. The third-order valence-electron chi connectivity index (χ3n) is 2.62. The van der Waals surface area contributed by atoms with Gasteiger partial charge in [0.1, 0.15) is 11.1 Å². The second-order valence-corrected chi connectivity index (χ2v) is 5.78.